The van der Waals surface area contributed by atoms with Gasteiger partial charge in [-0.15, -0.1) is 24.0 Å². The Hall–Kier alpha value is -2.43. The maximum absolute atomic E-state index is 12.6. The molecular weight excluding hydrogens is 529 g/mol. The van der Waals surface area contributed by atoms with E-state index in [4.69, 9.17) is 0 Å². The summed E-state index contributed by atoms with van der Waals surface area (Å²) in [7, 11) is 1.63. The van der Waals surface area contributed by atoms with Crippen molar-refractivity contribution in [2.24, 2.45) is 10.9 Å². The monoisotopic (exact) mass is 558 g/mol. The molecule has 1 amide bonds. The first-order chi connectivity index (χ1) is 15.0. The fourth-order valence-corrected chi connectivity index (χ4v) is 3.64. The Morgan fingerprint density at radius 3 is 2.53 bits per heavy atom. The van der Waals surface area contributed by atoms with Crippen molar-refractivity contribution in [3.8, 4) is 5.75 Å². The van der Waals surface area contributed by atoms with Gasteiger partial charge in [-0.2, -0.15) is 8.78 Å². The van der Waals surface area contributed by atoms with E-state index in [-0.39, 0.29) is 48.1 Å². The van der Waals surface area contributed by atoms with Gasteiger partial charge in [0.1, 0.15) is 5.75 Å². The predicted octanol–water partition coefficient (Wildman–Crippen LogP) is 4.90. The number of rotatable bonds is 8. The second-order valence-electron chi connectivity index (χ2n) is 7.44. The number of alkyl halides is 2. The summed E-state index contributed by atoms with van der Waals surface area (Å²) in [6.45, 7) is -2.11. The molecule has 0 aromatic heterocycles. The summed E-state index contributed by atoms with van der Waals surface area (Å²) in [6.07, 6.45) is 4.15. The SMILES string of the molecule is CN=C(NCc1cccc(NC(=O)C2CCCC2)c1)NCc1ccccc1OC(F)F.I. The van der Waals surface area contributed by atoms with Crippen LogP contribution in [0.25, 0.3) is 0 Å². The lowest BCUT2D eigenvalue weighted by atomic mass is 10.1. The highest BCUT2D eigenvalue weighted by Crippen LogP contribution is 2.26. The Labute approximate surface area is 204 Å². The molecule has 2 aromatic carbocycles. The number of anilines is 1. The van der Waals surface area contributed by atoms with Crippen LogP contribution in [0, 0.1) is 5.92 Å². The molecule has 0 heterocycles. The molecule has 32 heavy (non-hydrogen) atoms. The predicted molar refractivity (Wildman–Crippen MR) is 133 cm³/mol. The van der Waals surface area contributed by atoms with Crippen molar-refractivity contribution in [2.45, 2.75) is 45.4 Å². The van der Waals surface area contributed by atoms with Crippen LogP contribution in [-0.4, -0.2) is 25.5 Å². The van der Waals surface area contributed by atoms with Crippen LogP contribution >= 0.6 is 24.0 Å². The minimum atomic E-state index is -2.87. The van der Waals surface area contributed by atoms with Gasteiger partial charge in [0.25, 0.3) is 0 Å². The lowest BCUT2D eigenvalue weighted by Crippen LogP contribution is -2.36. The van der Waals surface area contributed by atoms with Crippen LogP contribution in [0.15, 0.2) is 53.5 Å². The number of amides is 1. The summed E-state index contributed by atoms with van der Waals surface area (Å²) in [6, 6.07) is 14.3. The van der Waals surface area contributed by atoms with Crippen LogP contribution in [0.2, 0.25) is 0 Å². The Kier molecular flexibility index (Phi) is 10.6. The molecule has 0 unspecified atom stereocenters. The minimum absolute atomic E-state index is 0. The molecule has 0 radical (unpaired) electrons. The number of hydrogen-bond acceptors (Lipinski definition) is 3. The first kappa shape index (κ1) is 25.8. The van der Waals surface area contributed by atoms with Crippen molar-refractivity contribution in [1.29, 1.82) is 0 Å². The number of carbonyl (C=O) groups is 1. The van der Waals surface area contributed by atoms with Crippen molar-refractivity contribution in [3.63, 3.8) is 0 Å². The number of guanidine groups is 1. The van der Waals surface area contributed by atoms with E-state index in [2.05, 4.69) is 25.7 Å². The van der Waals surface area contributed by atoms with Gasteiger partial charge in [0.15, 0.2) is 5.96 Å². The fraction of sp³-hybridized carbons (Fsp3) is 0.391. The maximum atomic E-state index is 12.6. The van der Waals surface area contributed by atoms with E-state index in [9.17, 15) is 13.6 Å². The molecule has 1 aliphatic carbocycles. The molecule has 0 atom stereocenters. The molecule has 174 valence electrons. The van der Waals surface area contributed by atoms with Crippen molar-refractivity contribution in [3.05, 3.63) is 59.7 Å². The van der Waals surface area contributed by atoms with E-state index >= 15 is 0 Å². The van der Waals surface area contributed by atoms with Gasteiger partial charge in [-0.25, -0.2) is 0 Å². The number of nitrogens with one attached hydrogen (secondary N) is 3. The number of benzene rings is 2. The number of aliphatic imine (C=N–C) groups is 1. The molecule has 0 saturated heterocycles. The average molecular weight is 558 g/mol. The van der Waals surface area contributed by atoms with Gasteiger partial charge in [0, 0.05) is 37.3 Å². The van der Waals surface area contributed by atoms with Crippen LogP contribution in [0.5, 0.6) is 5.75 Å². The molecule has 0 bridgehead atoms. The minimum Gasteiger partial charge on any atom is -0.434 e. The Balaban J connectivity index is 0.00000363. The van der Waals surface area contributed by atoms with Crippen LogP contribution in [0.1, 0.15) is 36.8 Å². The molecule has 6 nitrogen and oxygen atoms in total. The van der Waals surface area contributed by atoms with Crippen molar-refractivity contribution in [1.82, 2.24) is 10.6 Å². The Morgan fingerprint density at radius 1 is 1.09 bits per heavy atom. The molecular formula is C23H29F2IN4O2. The number of halogens is 3. The highest BCUT2D eigenvalue weighted by atomic mass is 127. The smallest absolute Gasteiger partial charge is 0.387 e. The summed E-state index contributed by atoms with van der Waals surface area (Å²) < 4.78 is 29.7. The molecule has 9 heteroatoms. The fourth-order valence-electron chi connectivity index (χ4n) is 3.64. The van der Waals surface area contributed by atoms with Crippen LogP contribution in [0.4, 0.5) is 14.5 Å². The molecule has 0 spiro atoms. The first-order valence-corrected chi connectivity index (χ1v) is 10.4. The second-order valence-corrected chi connectivity index (χ2v) is 7.44. The molecule has 3 rings (SSSR count). The third kappa shape index (κ3) is 7.92. The van der Waals surface area contributed by atoms with E-state index in [1.54, 1.807) is 25.2 Å². The van der Waals surface area contributed by atoms with Gasteiger partial charge >= 0.3 is 6.61 Å². The van der Waals surface area contributed by atoms with Gasteiger partial charge in [0.2, 0.25) is 5.91 Å². The van der Waals surface area contributed by atoms with Crippen molar-refractivity contribution < 1.29 is 18.3 Å². The summed E-state index contributed by atoms with van der Waals surface area (Å²) in [5, 5.41) is 9.29. The second kappa shape index (κ2) is 13.2. The van der Waals surface area contributed by atoms with Gasteiger partial charge < -0.3 is 20.7 Å². The zero-order chi connectivity index (χ0) is 22.1. The normalized spacial score (nSPS) is 14.1. The van der Waals surface area contributed by atoms with Gasteiger partial charge in [-0.1, -0.05) is 43.2 Å². The van der Waals surface area contributed by atoms with E-state index in [0.717, 1.165) is 36.9 Å². The van der Waals surface area contributed by atoms with Crippen LogP contribution in [0.3, 0.4) is 0 Å². The Bertz CT molecular complexity index is 905. The lowest BCUT2D eigenvalue weighted by Gasteiger charge is -2.15. The summed E-state index contributed by atoms with van der Waals surface area (Å²) >= 11 is 0. The molecule has 1 saturated carbocycles. The molecule has 0 aliphatic heterocycles. The highest BCUT2D eigenvalue weighted by molar-refractivity contribution is 14.0. The number of hydrogen-bond donors (Lipinski definition) is 3. The summed E-state index contributed by atoms with van der Waals surface area (Å²) in [5.41, 5.74) is 2.35. The standard InChI is InChI=1S/C23H28F2N4O2.HI/c1-26-23(28-15-18-10-4-5-12-20(18)31-22(24)25)27-14-16-7-6-11-19(13-16)29-21(30)17-8-2-3-9-17;/h4-7,10-13,17,22H,2-3,8-9,14-15H2,1H3,(H,29,30)(H2,26,27,28);1H. The molecule has 3 N–H and O–H groups in total. The average Bonchev–Trinajstić information content (AvgIpc) is 3.30. The first-order valence-electron chi connectivity index (χ1n) is 10.4. The largest absolute Gasteiger partial charge is 0.434 e. The maximum Gasteiger partial charge on any atom is 0.387 e. The van der Waals surface area contributed by atoms with Crippen molar-refractivity contribution >= 4 is 41.5 Å². The van der Waals surface area contributed by atoms with Crippen LogP contribution < -0.4 is 20.7 Å². The van der Waals surface area contributed by atoms with E-state index < -0.39 is 6.61 Å². The molecule has 1 aliphatic rings. The zero-order valence-corrected chi connectivity index (χ0v) is 20.3. The quantitative estimate of drug-likeness (QED) is 0.245. The van der Waals surface area contributed by atoms with E-state index in [1.165, 1.54) is 6.07 Å². The topological polar surface area (TPSA) is 74.8 Å². The number of carbonyl (C=O) groups excluding carboxylic acids is 1. The third-order valence-electron chi connectivity index (χ3n) is 5.24. The lowest BCUT2D eigenvalue weighted by molar-refractivity contribution is -0.119. The Morgan fingerprint density at radius 2 is 1.81 bits per heavy atom. The third-order valence-corrected chi connectivity index (χ3v) is 5.24. The number of nitrogens with zero attached hydrogens (tertiary/aromatic N) is 1. The highest BCUT2D eigenvalue weighted by Gasteiger charge is 2.22. The number of para-hydroxylation sites is 1. The van der Waals surface area contributed by atoms with Gasteiger partial charge in [0.05, 0.1) is 0 Å². The van der Waals surface area contributed by atoms with Gasteiger partial charge in [-0.05, 0) is 36.6 Å². The van der Waals surface area contributed by atoms with E-state index in [1.807, 2.05) is 24.3 Å². The number of ether oxygens (including phenoxy) is 1. The van der Waals surface area contributed by atoms with Crippen LogP contribution in [-0.2, 0) is 17.9 Å². The molecule has 2 aromatic rings. The van der Waals surface area contributed by atoms with Gasteiger partial charge in [-0.3, -0.25) is 9.79 Å². The summed E-state index contributed by atoms with van der Waals surface area (Å²) in [4.78, 5) is 16.5. The van der Waals surface area contributed by atoms with Crippen molar-refractivity contribution in [2.75, 3.05) is 12.4 Å². The molecule has 1 fully saturated rings. The zero-order valence-electron chi connectivity index (χ0n) is 17.9. The summed E-state index contributed by atoms with van der Waals surface area (Å²) in [5.74, 6) is 0.852. The van der Waals surface area contributed by atoms with E-state index in [0.29, 0.717) is 18.1 Å².